The summed E-state index contributed by atoms with van der Waals surface area (Å²) in [6.07, 6.45) is 4.28. The minimum atomic E-state index is 0.974. The first-order chi connectivity index (χ1) is 5.16. The molecule has 0 nitrogen and oxygen atoms in total. The van der Waals surface area contributed by atoms with Crippen molar-refractivity contribution in [3.05, 3.63) is 0 Å². The van der Waals surface area contributed by atoms with Gasteiger partial charge in [-0.15, -0.1) is 0 Å². The van der Waals surface area contributed by atoms with Crippen molar-refractivity contribution < 1.29 is 0 Å². The highest BCUT2D eigenvalue weighted by molar-refractivity contribution is 4.84. The van der Waals surface area contributed by atoms with Crippen molar-refractivity contribution in [3.8, 4) is 0 Å². The summed E-state index contributed by atoms with van der Waals surface area (Å²) < 4.78 is 0. The van der Waals surface area contributed by atoms with Crippen molar-refractivity contribution in [1.82, 2.24) is 0 Å². The molecule has 1 fully saturated rings. The molecule has 0 N–H and O–H groups in total. The molecule has 1 aliphatic carbocycles. The van der Waals surface area contributed by atoms with E-state index in [0.29, 0.717) is 0 Å². The lowest BCUT2D eigenvalue weighted by Crippen LogP contribution is -2.11. The predicted molar refractivity (Wildman–Crippen MR) is 50.5 cm³/mol. The van der Waals surface area contributed by atoms with Crippen LogP contribution in [-0.4, -0.2) is 0 Å². The van der Waals surface area contributed by atoms with Crippen molar-refractivity contribution in [2.45, 2.75) is 47.0 Å². The van der Waals surface area contributed by atoms with Gasteiger partial charge in [0.05, 0.1) is 0 Å². The topological polar surface area (TPSA) is 0 Å². The lowest BCUT2D eigenvalue weighted by molar-refractivity contribution is 0.301. The fourth-order valence-electron chi connectivity index (χ4n) is 2.80. The third kappa shape index (κ3) is 1.77. The number of rotatable bonds is 2. The maximum absolute atomic E-state index is 2.44. The summed E-state index contributed by atoms with van der Waals surface area (Å²) >= 11 is 0. The van der Waals surface area contributed by atoms with Crippen LogP contribution in [0.15, 0.2) is 0 Å². The van der Waals surface area contributed by atoms with Crippen molar-refractivity contribution in [2.75, 3.05) is 0 Å². The van der Waals surface area contributed by atoms with E-state index < -0.39 is 0 Å². The molecule has 0 aliphatic heterocycles. The maximum Gasteiger partial charge on any atom is -0.0360 e. The summed E-state index contributed by atoms with van der Waals surface area (Å²) in [5.41, 5.74) is 0. The molecule has 0 aromatic rings. The lowest BCUT2D eigenvalue weighted by Gasteiger charge is -2.19. The maximum atomic E-state index is 2.44. The first kappa shape index (κ1) is 9.09. The van der Waals surface area contributed by atoms with Crippen molar-refractivity contribution in [1.29, 1.82) is 0 Å². The van der Waals surface area contributed by atoms with Crippen LogP contribution in [0.25, 0.3) is 0 Å². The van der Waals surface area contributed by atoms with Crippen LogP contribution in [0.3, 0.4) is 0 Å². The predicted octanol–water partition coefficient (Wildman–Crippen LogP) is 3.71. The van der Waals surface area contributed by atoms with Crippen LogP contribution in [-0.2, 0) is 0 Å². The second-order valence-corrected chi connectivity index (χ2v) is 4.50. The van der Waals surface area contributed by atoms with Gasteiger partial charge < -0.3 is 0 Å². The second-order valence-electron chi connectivity index (χ2n) is 4.50. The van der Waals surface area contributed by atoms with Crippen molar-refractivity contribution >= 4 is 0 Å². The van der Waals surface area contributed by atoms with Crippen LogP contribution in [0.4, 0.5) is 0 Å². The van der Waals surface area contributed by atoms with E-state index in [1.54, 1.807) is 0 Å². The molecule has 0 heterocycles. The van der Waals surface area contributed by atoms with Crippen LogP contribution in [0.5, 0.6) is 0 Å². The quantitative estimate of drug-likeness (QED) is 0.568. The third-order valence-corrected chi connectivity index (χ3v) is 3.67. The molecule has 1 aliphatic rings. The zero-order valence-electron chi connectivity index (χ0n) is 8.43. The van der Waals surface area contributed by atoms with Gasteiger partial charge in [0.2, 0.25) is 0 Å². The van der Waals surface area contributed by atoms with Crippen LogP contribution < -0.4 is 0 Å². The van der Waals surface area contributed by atoms with E-state index in [2.05, 4.69) is 27.7 Å². The molecular weight excluding hydrogens is 132 g/mol. The molecule has 0 amide bonds. The molecule has 1 rings (SSSR count). The van der Waals surface area contributed by atoms with Crippen molar-refractivity contribution in [3.63, 3.8) is 0 Å². The summed E-state index contributed by atoms with van der Waals surface area (Å²) in [5, 5.41) is 0. The van der Waals surface area contributed by atoms with Gasteiger partial charge in [-0.2, -0.15) is 0 Å². The van der Waals surface area contributed by atoms with E-state index in [1.807, 2.05) is 0 Å². The zero-order chi connectivity index (χ0) is 8.43. The Bertz CT molecular complexity index is 117. The van der Waals surface area contributed by atoms with E-state index in [0.717, 1.165) is 23.7 Å². The Morgan fingerprint density at radius 1 is 1.09 bits per heavy atom. The summed E-state index contributed by atoms with van der Waals surface area (Å²) in [6, 6.07) is 0. The molecule has 0 radical (unpaired) electrons. The first-order valence-corrected chi connectivity index (χ1v) is 5.16. The highest BCUT2D eigenvalue weighted by Crippen LogP contribution is 2.42. The van der Waals surface area contributed by atoms with Gasteiger partial charge in [0, 0.05) is 0 Å². The molecule has 11 heavy (non-hydrogen) atoms. The van der Waals surface area contributed by atoms with Gasteiger partial charge in [0.25, 0.3) is 0 Å². The van der Waals surface area contributed by atoms with Crippen LogP contribution in [0.2, 0.25) is 0 Å². The van der Waals surface area contributed by atoms with Gasteiger partial charge in [-0.25, -0.2) is 0 Å². The molecule has 66 valence electrons. The van der Waals surface area contributed by atoms with E-state index in [9.17, 15) is 0 Å². The van der Waals surface area contributed by atoms with E-state index in [4.69, 9.17) is 0 Å². The minimum Gasteiger partial charge on any atom is -0.0654 e. The van der Waals surface area contributed by atoms with E-state index in [-0.39, 0.29) is 0 Å². The Labute approximate surface area is 71.4 Å². The molecule has 0 aromatic carbocycles. The number of hydrogen-bond acceptors (Lipinski definition) is 0. The summed E-state index contributed by atoms with van der Waals surface area (Å²) in [5.74, 6) is 3.96. The molecule has 4 unspecified atom stereocenters. The SMILES string of the molecule is CCCC1C(C)CC(C)C1C. The molecule has 0 heteroatoms. The number of hydrogen-bond donors (Lipinski definition) is 0. The molecule has 0 aromatic heterocycles. The molecule has 0 bridgehead atoms. The van der Waals surface area contributed by atoms with E-state index >= 15 is 0 Å². The third-order valence-electron chi connectivity index (χ3n) is 3.67. The largest absolute Gasteiger partial charge is 0.0654 e. The highest BCUT2D eigenvalue weighted by Gasteiger charge is 2.34. The first-order valence-electron chi connectivity index (χ1n) is 5.16. The monoisotopic (exact) mass is 154 g/mol. The van der Waals surface area contributed by atoms with Crippen LogP contribution in [0, 0.1) is 23.7 Å². The summed E-state index contributed by atoms with van der Waals surface area (Å²) in [7, 11) is 0. The molecular formula is C11H22. The van der Waals surface area contributed by atoms with Crippen LogP contribution >= 0.6 is 0 Å². The van der Waals surface area contributed by atoms with Gasteiger partial charge in [-0.05, 0) is 30.1 Å². The fraction of sp³-hybridized carbons (Fsp3) is 1.00. The van der Waals surface area contributed by atoms with Gasteiger partial charge in [-0.3, -0.25) is 0 Å². The summed E-state index contributed by atoms with van der Waals surface area (Å²) in [4.78, 5) is 0. The zero-order valence-corrected chi connectivity index (χ0v) is 8.43. The summed E-state index contributed by atoms with van der Waals surface area (Å²) in [6.45, 7) is 9.59. The molecule has 0 saturated heterocycles. The Kier molecular flexibility index (Phi) is 2.98. The van der Waals surface area contributed by atoms with Gasteiger partial charge in [0.1, 0.15) is 0 Å². The Morgan fingerprint density at radius 3 is 2.09 bits per heavy atom. The normalized spacial score (nSPS) is 44.7. The second kappa shape index (κ2) is 3.60. The Hall–Kier alpha value is 0. The van der Waals surface area contributed by atoms with E-state index in [1.165, 1.54) is 19.3 Å². The van der Waals surface area contributed by atoms with Gasteiger partial charge in [-0.1, -0.05) is 40.5 Å². The minimum absolute atomic E-state index is 0.974. The van der Waals surface area contributed by atoms with Crippen molar-refractivity contribution in [2.24, 2.45) is 23.7 Å². The average Bonchev–Trinajstić information content (AvgIpc) is 2.17. The fourth-order valence-corrected chi connectivity index (χ4v) is 2.80. The standard InChI is InChI=1S/C11H22/c1-5-6-11-9(3)7-8(2)10(11)4/h8-11H,5-7H2,1-4H3. The molecule has 4 atom stereocenters. The molecule has 1 saturated carbocycles. The Balaban J connectivity index is 2.49. The highest BCUT2D eigenvalue weighted by atomic mass is 14.4. The van der Waals surface area contributed by atoms with Gasteiger partial charge >= 0.3 is 0 Å². The average molecular weight is 154 g/mol. The van der Waals surface area contributed by atoms with Gasteiger partial charge in [0.15, 0.2) is 0 Å². The van der Waals surface area contributed by atoms with Crippen LogP contribution in [0.1, 0.15) is 47.0 Å². The lowest BCUT2D eigenvalue weighted by atomic mass is 9.86. The smallest absolute Gasteiger partial charge is 0.0360 e. The Morgan fingerprint density at radius 2 is 1.73 bits per heavy atom. The molecule has 0 spiro atoms.